The number of alkyl halides is 3. The monoisotopic (exact) mass is 322 g/mol. The largest absolute Gasteiger partial charge is 0.451 e. The first-order valence-electron chi connectivity index (χ1n) is 6.77. The van der Waals surface area contributed by atoms with E-state index in [-0.39, 0.29) is 11.0 Å². The van der Waals surface area contributed by atoms with Crippen molar-refractivity contribution in [3.63, 3.8) is 0 Å². The van der Waals surface area contributed by atoms with Crippen LogP contribution >= 0.6 is 11.6 Å². The highest BCUT2D eigenvalue weighted by Crippen LogP contribution is 2.29. The van der Waals surface area contributed by atoms with Crippen LogP contribution in [0.1, 0.15) is 18.7 Å². The van der Waals surface area contributed by atoms with Crippen LogP contribution in [0.4, 0.5) is 19.0 Å². The molecule has 0 spiro atoms. The molecule has 1 aliphatic heterocycles. The van der Waals surface area contributed by atoms with E-state index in [4.69, 9.17) is 11.6 Å². The number of nitrogens with zero attached hydrogens (tertiary/aromatic N) is 4. The van der Waals surface area contributed by atoms with Crippen LogP contribution in [0.25, 0.3) is 0 Å². The zero-order chi connectivity index (χ0) is 15.6. The Kier molecular flexibility index (Phi) is 4.93. The lowest BCUT2D eigenvalue weighted by molar-refractivity contribution is -0.144. The van der Waals surface area contributed by atoms with Gasteiger partial charge >= 0.3 is 6.18 Å². The van der Waals surface area contributed by atoms with Crippen LogP contribution in [-0.2, 0) is 6.18 Å². The van der Waals surface area contributed by atoms with Crippen molar-refractivity contribution in [2.45, 2.75) is 19.0 Å². The van der Waals surface area contributed by atoms with Crippen LogP contribution in [0.5, 0.6) is 0 Å². The fraction of sp³-hybridized carbons (Fsp3) is 0.692. The molecule has 0 atom stereocenters. The highest BCUT2D eigenvalue weighted by molar-refractivity contribution is 6.29. The topological polar surface area (TPSA) is 32.3 Å². The molecule has 0 N–H and O–H groups in total. The first-order valence-corrected chi connectivity index (χ1v) is 7.15. The predicted molar refractivity (Wildman–Crippen MR) is 75.5 cm³/mol. The molecule has 0 aliphatic carbocycles. The summed E-state index contributed by atoms with van der Waals surface area (Å²) in [5, 5.41) is -0.192. The molecule has 0 unspecified atom stereocenters. The lowest BCUT2D eigenvalue weighted by Gasteiger charge is -2.32. The van der Waals surface area contributed by atoms with Gasteiger partial charge in [-0.2, -0.15) is 13.2 Å². The summed E-state index contributed by atoms with van der Waals surface area (Å²) in [4.78, 5) is 10.8. The Bertz CT molecular complexity index is 487. The Labute approximate surface area is 126 Å². The Morgan fingerprint density at radius 2 is 1.95 bits per heavy atom. The van der Waals surface area contributed by atoms with Crippen molar-refractivity contribution < 1.29 is 13.2 Å². The van der Waals surface area contributed by atoms with Gasteiger partial charge in [0, 0.05) is 19.7 Å². The smallest absolute Gasteiger partial charge is 0.359 e. The maximum absolute atomic E-state index is 12.7. The quantitative estimate of drug-likeness (QED) is 0.801. The first-order chi connectivity index (χ1) is 9.75. The number of hydrogen-bond donors (Lipinski definition) is 0. The molecule has 0 saturated carbocycles. The van der Waals surface area contributed by atoms with Crippen LogP contribution in [0.2, 0.25) is 5.15 Å². The van der Waals surface area contributed by atoms with Gasteiger partial charge in [-0.15, -0.1) is 0 Å². The number of aromatic nitrogens is 2. The van der Waals surface area contributed by atoms with Crippen LogP contribution in [0.3, 0.4) is 0 Å². The molecule has 0 bridgehead atoms. The number of likely N-dealkylation sites (tertiary alicyclic amines) is 1. The van der Waals surface area contributed by atoms with Crippen molar-refractivity contribution in [1.29, 1.82) is 0 Å². The fourth-order valence-corrected chi connectivity index (χ4v) is 2.63. The van der Waals surface area contributed by atoms with E-state index in [0.717, 1.165) is 25.9 Å². The second-order valence-corrected chi connectivity index (χ2v) is 5.88. The number of rotatable bonds is 3. The van der Waals surface area contributed by atoms with Gasteiger partial charge in [0.1, 0.15) is 11.0 Å². The van der Waals surface area contributed by atoms with Gasteiger partial charge in [0.2, 0.25) is 5.82 Å². The molecule has 1 fully saturated rings. The molecule has 4 nitrogen and oxygen atoms in total. The number of halogens is 4. The zero-order valence-electron chi connectivity index (χ0n) is 12.0. The van der Waals surface area contributed by atoms with E-state index in [1.165, 1.54) is 6.07 Å². The molecule has 0 radical (unpaired) electrons. The summed E-state index contributed by atoms with van der Waals surface area (Å²) in [7, 11) is 3.80. The highest BCUT2D eigenvalue weighted by Gasteiger charge is 2.35. The SMILES string of the molecule is CN1CCC(CN(C)c2cc(Cl)nc(C(F)(F)F)n2)CC1. The summed E-state index contributed by atoms with van der Waals surface area (Å²) in [6.07, 6.45) is -2.52. The van der Waals surface area contributed by atoms with Gasteiger partial charge in [-0.05, 0) is 38.9 Å². The molecule has 2 rings (SSSR count). The zero-order valence-corrected chi connectivity index (χ0v) is 12.7. The summed E-state index contributed by atoms with van der Waals surface area (Å²) in [5.74, 6) is -0.532. The van der Waals surface area contributed by atoms with E-state index in [1.54, 1.807) is 11.9 Å². The molecule has 8 heteroatoms. The summed E-state index contributed by atoms with van der Waals surface area (Å²) < 4.78 is 38.1. The maximum Gasteiger partial charge on any atom is 0.451 e. The molecule has 1 saturated heterocycles. The van der Waals surface area contributed by atoms with Crippen molar-refractivity contribution in [2.75, 3.05) is 38.6 Å². The molecular weight excluding hydrogens is 305 g/mol. The standard InChI is InChI=1S/C13H18ClF3N4/c1-20-5-3-9(4-6-20)8-21(2)11-7-10(14)18-12(19-11)13(15,16)17/h7,9H,3-6,8H2,1-2H3. The third-order valence-electron chi connectivity index (χ3n) is 3.70. The van der Waals surface area contributed by atoms with Crippen LogP contribution in [0.15, 0.2) is 6.07 Å². The minimum absolute atomic E-state index is 0.192. The lowest BCUT2D eigenvalue weighted by Crippen LogP contribution is -2.36. The van der Waals surface area contributed by atoms with Gasteiger partial charge in [-0.3, -0.25) is 0 Å². The molecule has 1 aliphatic rings. The molecule has 118 valence electrons. The predicted octanol–water partition coefficient (Wildman–Crippen LogP) is 2.93. The Hall–Kier alpha value is -1.08. The molecule has 0 aromatic carbocycles. The Morgan fingerprint density at radius 3 is 2.52 bits per heavy atom. The molecule has 1 aromatic heterocycles. The van der Waals surface area contributed by atoms with E-state index >= 15 is 0 Å². The summed E-state index contributed by atoms with van der Waals surface area (Å²) >= 11 is 5.68. The normalized spacial score (nSPS) is 18.0. The molecule has 1 aromatic rings. The van der Waals surface area contributed by atoms with Crippen molar-refractivity contribution in [2.24, 2.45) is 5.92 Å². The van der Waals surface area contributed by atoms with Crippen molar-refractivity contribution in [3.8, 4) is 0 Å². The second kappa shape index (κ2) is 6.36. The van der Waals surface area contributed by atoms with Gasteiger partial charge in [-0.1, -0.05) is 11.6 Å². The van der Waals surface area contributed by atoms with Gasteiger partial charge in [0.15, 0.2) is 0 Å². The second-order valence-electron chi connectivity index (χ2n) is 5.50. The van der Waals surface area contributed by atoms with E-state index in [2.05, 4.69) is 21.9 Å². The van der Waals surface area contributed by atoms with Gasteiger partial charge in [0.25, 0.3) is 0 Å². The molecular formula is C13H18ClF3N4. The third-order valence-corrected chi connectivity index (χ3v) is 3.89. The summed E-state index contributed by atoms with van der Waals surface area (Å²) in [6, 6.07) is 1.37. The minimum atomic E-state index is -4.59. The average molecular weight is 323 g/mol. The van der Waals surface area contributed by atoms with Gasteiger partial charge in [0.05, 0.1) is 0 Å². The van der Waals surface area contributed by atoms with Gasteiger partial charge in [-0.25, -0.2) is 9.97 Å². The van der Waals surface area contributed by atoms with E-state index < -0.39 is 12.0 Å². The Balaban J connectivity index is 2.08. The van der Waals surface area contributed by atoms with Gasteiger partial charge < -0.3 is 9.80 Å². The van der Waals surface area contributed by atoms with E-state index in [0.29, 0.717) is 12.5 Å². The third kappa shape index (κ3) is 4.44. The summed E-state index contributed by atoms with van der Waals surface area (Å²) in [6.45, 7) is 2.69. The molecule has 21 heavy (non-hydrogen) atoms. The van der Waals surface area contributed by atoms with Crippen LogP contribution in [0, 0.1) is 5.92 Å². The summed E-state index contributed by atoms with van der Waals surface area (Å²) in [5.41, 5.74) is 0. The van der Waals surface area contributed by atoms with E-state index in [1.807, 2.05) is 0 Å². The number of piperidine rings is 1. The van der Waals surface area contributed by atoms with Crippen molar-refractivity contribution in [3.05, 3.63) is 17.0 Å². The maximum atomic E-state index is 12.7. The molecule has 2 heterocycles. The Morgan fingerprint density at radius 1 is 1.33 bits per heavy atom. The van der Waals surface area contributed by atoms with Crippen molar-refractivity contribution in [1.82, 2.24) is 14.9 Å². The fourth-order valence-electron chi connectivity index (χ4n) is 2.45. The highest BCUT2D eigenvalue weighted by atomic mass is 35.5. The molecule has 0 amide bonds. The number of hydrogen-bond acceptors (Lipinski definition) is 4. The minimum Gasteiger partial charge on any atom is -0.359 e. The van der Waals surface area contributed by atoms with Crippen LogP contribution in [-0.4, -0.2) is 48.6 Å². The average Bonchev–Trinajstić information content (AvgIpc) is 2.39. The van der Waals surface area contributed by atoms with Crippen LogP contribution < -0.4 is 4.90 Å². The number of anilines is 1. The van der Waals surface area contributed by atoms with Crippen molar-refractivity contribution >= 4 is 17.4 Å². The lowest BCUT2D eigenvalue weighted by atomic mass is 9.97. The first kappa shape index (κ1) is 16.3. The van der Waals surface area contributed by atoms with E-state index in [9.17, 15) is 13.2 Å².